The van der Waals surface area contributed by atoms with Gasteiger partial charge in [-0.1, -0.05) is 13.8 Å². The third-order valence-corrected chi connectivity index (χ3v) is 2.78. The van der Waals surface area contributed by atoms with Crippen LogP contribution in [-0.4, -0.2) is 31.1 Å². The van der Waals surface area contributed by atoms with E-state index < -0.39 is 5.97 Å². The molecule has 0 spiro atoms. The monoisotopic (exact) mass is 282 g/mol. The van der Waals surface area contributed by atoms with Gasteiger partial charge in [-0.3, -0.25) is 0 Å². The van der Waals surface area contributed by atoms with Gasteiger partial charge in [0, 0.05) is 6.42 Å². The Labute approximate surface area is 119 Å². The molecule has 1 aromatic rings. The smallest absolute Gasteiger partial charge is 0.341 e. The number of phenols is 1. The van der Waals surface area contributed by atoms with Crippen LogP contribution < -0.4 is 4.74 Å². The van der Waals surface area contributed by atoms with E-state index in [2.05, 4.69) is 4.74 Å². The van der Waals surface area contributed by atoms with Crippen LogP contribution >= 0.6 is 0 Å². The first-order chi connectivity index (χ1) is 9.70. The van der Waals surface area contributed by atoms with Crippen molar-refractivity contribution in [1.82, 2.24) is 0 Å². The van der Waals surface area contributed by atoms with Gasteiger partial charge in [0.15, 0.2) is 6.29 Å². The summed E-state index contributed by atoms with van der Waals surface area (Å²) in [4.78, 5) is 11.4. The zero-order valence-corrected chi connectivity index (χ0v) is 12.2. The third kappa shape index (κ3) is 4.42. The molecule has 1 aromatic carbocycles. The fourth-order valence-electron chi connectivity index (χ4n) is 1.82. The highest BCUT2D eigenvalue weighted by Gasteiger charge is 2.17. The summed E-state index contributed by atoms with van der Waals surface area (Å²) in [5.74, 6) is -0.235. The molecule has 2 rings (SSSR count). The van der Waals surface area contributed by atoms with Gasteiger partial charge in [0.2, 0.25) is 0 Å². The van der Waals surface area contributed by atoms with E-state index in [-0.39, 0.29) is 17.6 Å². The Hall–Kier alpha value is -1.75. The van der Waals surface area contributed by atoms with Crippen LogP contribution in [0.5, 0.6) is 11.5 Å². The summed E-state index contributed by atoms with van der Waals surface area (Å²) in [5.41, 5.74) is 0.0887. The average molecular weight is 282 g/mol. The molecule has 1 saturated heterocycles. The second-order valence-electron chi connectivity index (χ2n) is 4.08. The van der Waals surface area contributed by atoms with E-state index in [0.29, 0.717) is 12.4 Å². The SMILES string of the molecule is CC.COC(=O)c1cc(OC2CCCCO2)ccc1O. The van der Waals surface area contributed by atoms with Crippen molar-refractivity contribution in [2.75, 3.05) is 13.7 Å². The van der Waals surface area contributed by atoms with E-state index in [1.54, 1.807) is 6.07 Å². The Morgan fingerprint density at radius 3 is 2.70 bits per heavy atom. The first-order valence-electron chi connectivity index (χ1n) is 6.90. The van der Waals surface area contributed by atoms with E-state index in [1.807, 2.05) is 13.8 Å². The lowest BCUT2D eigenvalue weighted by Crippen LogP contribution is -2.25. The largest absolute Gasteiger partial charge is 0.507 e. The minimum atomic E-state index is -0.595. The molecular formula is C15H22O5. The molecular weight excluding hydrogens is 260 g/mol. The van der Waals surface area contributed by atoms with Gasteiger partial charge in [0.1, 0.15) is 17.1 Å². The number of hydrogen-bond acceptors (Lipinski definition) is 5. The van der Waals surface area contributed by atoms with Gasteiger partial charge >= 0.3 is 5.97 Å². The number of ether oxygens (including phenoxy) is 3. The van der Waals surface area contributed by atoms with Crippen LogP contribution in [0, 0.1) is 0 Å². The zero-order valence-electron chi connectivity index (χ0n) is 12.2. The summed E-state index contributed by atoms with van der Waals surface area (Å²) in [7, 11) is 1.26. The van der Waals surface area contributed by atoms with Gasteiger partial charge in [0.25, 0.3) is 0 Å². The summed E-state index contributed by atoms with van der Waals surface area (Å²) < 4.78 is 15.6. The number of phenolic OH excluding ortho intramolecular Hbond substituents is 1. The molecule has 1 heterocycles. The number of carbonyl (C=O) groups excluding carboxylic acids is 1. The van der Waals surface area contributed by atoms with Gasteiger partial charge in [-0.05, 0) is 31.0 Å². The number of hydrogen-bond donors (Lipinski definition) is 1. The topological polar surface area (TPSA) is 65.0 Å². The van der Waals surface area contributed by atoms with E-state index >= 15 is 0 Å². The Balaban J connectivity index is 0.000000956. The van der Waals surface area contributed by atoms with E-state index in [1.165, 1.54) is 19.2 Å². The number of carbonyl (C=O) groups is 1. The van der Waals surface area contributed by atoms with E-state index in [9.17, 15) is 9.90 Å². The van der Waals surface area contributed by atoms with Crippen LogP contribution in [0.2, 0.25) is 0 Å². The lowest BCUT2D eigenvalue weighted by Gasteiger charge is -2.23. The molecule has 0 aliphatic carbocycles. The number of aromatic hydroxyl groups is 1. The molecule has 112 valence electrons. The molecule has 1 aliphatic heterocycles. The summed E-state index contributed by atoms with van der Waals surface area (Å²) in [5, 5.41) is 9.55. The van der Waals surface area contributed by atoms with Gasteiger partial charge < -0.3 is 19.3 Å². The Morgan fingerprint density at radius 1 is 1.35 bits per heavy atom. The molecule has 0 amide bonds. The maximum Gasteiger partial charge on any atom is 0.341 e. The Kier molecular flexibility index (Phi) is 6.87. The molecule has 0 radical (unpaired) electrons. The molecule has 0 bridgehead atoms. The highest BCUT2D eigenvalue weighted by atomic mass is 16.7. The Morgan fingerprint density at radius 2 is 2.10 bits per heavy atom. The van der Waals surface area contributed by atoms with E-state index in [0.717, 1.165) is 19.3 Å². The molecule has 1 fully saturated rings. The van der Waals surface area contributed by atoms with Gasteiger partial charge in [-0.15, -0.1) is 0 Å². The van der Waals surface area contributed by atoms with Crippen LogP contribution in [0.25, 0.3) is 0 Å². The highest BCUT2D eigenvalue weighted by molar-refractivity contribution is 5.92. The minimum Gasteiger partial charge on any atom is -0.507 e. The molecule has 0 aromatic heterocycles. The standard InChI is InChI=1S/C13H16O5.C2H6/c1-16-13(15)10-8-9(5-6-11(10)14)18-12-4-2-3-7-17-12;1-2/h5-6,8,12,14H,2-4,7H2,1H3;1-2H3. The van der Waals surface area contributed by atoms with Crippen molar-refractivity contribution < 1.29 is 24.1 Å². The van der Waals surface area contributed by atoms with Crippen molar-refractivity contribution in [2.45, 2.75) is 39.4 Å². The maximum absolute atomic E-state index is 11.4. The minimum absolute atomic E-state index is 0.0887. The van der Waals surface area contributed by atoms with Crippen LogP contribution in [0.3, 0.4) is 0 Å². The third-order valence-electron chi connectivity index (χ3n) is 2.78. The molecule has 0 saturated carbocycles. The predicted octanol–water partition coefficient (Wildman–Crippen LogP) is 3.11. The molecule has 1 N–H and O–H groups in total. The summed E-state index contributed by atoms with van der Waals surface area (Å²) in [6.45, 7) is 4.69. The second-order valence-corrected chi connectivity index (χ2v) is 4.08. The van der Waals surface area contributed by atoms with Crippen molar-refractivity contribution in [3.8, 4) is 11.5 Å². The molecule has 20 heavy (non-hydrogen) atoms. The van der Waals surface area contributed by atoms with Gasteiger partial charge in [-0.2, -0.15) is 0 Å². The van der Waals surface area contributed by atoms with Crippen molar-refractivity contribution in [3.63, 3.8) is 0 Å². The van der Waals surface area contributed by atoms with Crippen LogP contribution in [0.1, 0.15) is 43.5 Å². The molecule has 5 heteroatoms. The first-order valence-corrected chi connectivity index (χ1v) is 6.90. The second kappa shape index (κ2) is 8.43. The number of benzene rings is 1. The fourth-order valence-corrected chi connectivity index (χ4v) is 1.82. The van der Waals surface area contributed by atoms with Crippen molar-refractivity contribution >= 4 is 5.97 Å². The van der Waals surface area contributed by atoms with Crippen LogP contribution in [-0.2, 0) is 9.47 Å². The van der Waals surface area contributed by atoms with Crippen molar-refractivity contribution in [2.24, 2.45) is 0 Å². The van der Waals surface area contributed by atoms with Gasteiger partial charge in [0.05, 0.1) is 13.7 Å². The highest BCUT2D eigenvalue weighted by Crippen LogP contribution is 2.26. The zero-order chi connectivity index (χ0) is 15.0. The molecule has 1 unspecified atom stereocenters. The maximum atomic E-state index is 11.4. The molecule has 1 aliphatic rings. The number of methoxy groups -OCH3 is 1. The van der Waals surface area contributed by atoms with E-state index in [4.69, 9.17) is 9.47 Å². The average Bonchev–Trinajstić information content (AvgIpc) is 2.51. The Bertz CT molecular complexity index is 424. The lowest BCUT2D eigenvalue weighted by atomic mass is 10.2. The molecule has 1 atom stereocenters. The number of rotatable bonds is 3. The predicted molar refractivity (Wildman–Crippen MR) is 75.0 cm³/mol. The summed E-state index contributed by atoms with van der Waals surface area (Å²) in [6.07, 6.45) is 2.65. The molecule has 5 nitrogen and oxygen atoms in total. The van der Waals surface area contributed by atoms with Gasteiger partial charge in [-0.25, -0.2) is 4.79 Å². The normalized spacial score (nSPS) is 17.6. The first kappa shape index (κ1) is 16.3. The summed E-state index contributed by atoms with van der Waals surface area (Å²) >= 11 is 0. The lowest BCUT2D eigenvalue weighted by molar-refractivity contribution is -0.105. The number of esters is 1. The quantitative estimate of drug-likeness (QED) is 0.863. The van der Waals surface area contributed by atoms with Crippen LogP contribution in [0.15, 0.2) is 18.2 Å². The van der Waals surface area contributed by atoms with Crippen molar-refractivity contribution in [1.29, 1.82) is 0 Å². The van der Waals surface area contributed by atoms with Crippen LogP contribution in [0.4, 0.5) is 0 Å². The fraction of sp³-hybridized carbons (Fsp3) is 0.533. The van der Waals surface area contributed by atoms with Crippen molar-refractivity contribution in [3.05, 3.63) is 23.8 Å². The summed E-state index contributed by atoms with van der Waals surface area (Å²) in [6, 6.07) is 4.46.